The fraction of sp³-hybridized carbons (Fsp3) is 0.455. The largest absolute Gasteiger partial charge is 0.493 e. The molecule has 7 heteroatoms. The molecule has 0 radical (unpaired) electrons. The Morgan fingerprint density at radius 1 is 1.11 bits per heavy atom. The summed E-state index contributed by atoms with van der Waals surface area (Å²) in [6, 6.07) is 7.24. The zero-order valence-electron chi connectivity index (χ0n) is 9.97. The topological polar surface area (TPSA) is 61.8 Å². The Labute approximate surface area is 111 Å². The average molecular weight is 295 g/mol. The normalized spacial score (nSPS) is 11.2. The van der Waals surface area contributed by atoms with Gasteiger partial charge in [0, 0.05) is 10.7 Å². The first-order chi connectivity index (χ1) is 8.53. The SMILES string of the molecule is COc1ccccc1OCCOCCS(=O)(=O)Cl. The molecule has 0 fully saturated rings. The minimum Gasteiger partial charge on any atom is -0.493 e. The molecule has 0 aliphatic heterocycles. The summed E-state index contributed by atoms with van der Waals surface area (Å²) in [4.78, 5) is 0. The van der Waals surface area contributed by atoms with E-state index in [1.807, 2.05) is 12.1 Å². The van der Waals surface area contributed by atoms with Crippen molar-refractivity contribution in [1.29, 1.82) is 0 Å². The highest BCUT2D eigenvalue weighted by atomic mass is 35.7. The molecule has 0 aliphatic carbocycles. The molecule has 102 valence electrons. The molecule has 1 aromatic carbocycles. The molecule has 0 N–H and O–H groups in total. The summed E-state index contributed by atoms with van der Waals surface area (Å²) in [7, 11) is 3.10. The van der Waals surface area contributed by atoms with E-state index < -0.39 is 9.05 Å². The van der Waals surface area contributed by atoms with Crippen LogP contribution in [0.5, 0.6) is 11.5 Å². The zero-order valence-corrected chi connectivity index (χ0v) is 11.5. The molecule has 1 rings (SSSR count). The van der Waals surface area contributed by atoms with Crippen molar-refractivity contribution in [3.8, 4) is 11.5 Å². The smallest absolute Gasteiger partial charge is 0.234 e. The number of hydrogen-bond acceptors (Lipinski definition) is 5. The maximum Gasteiger partial charge on any atom is 0.234 e. The van der Waals surface area contributed by atoms with E-state index >= 15 is 0 Å². The number of rotatable bonds is 8. The molecule has 0 bridgehead atoms. The number of methoxy groups -OCH3 is 1. The van der Waals surface area contributed by atoms with Crippen molar-refractivity contribution in [3.05, 3.63) is 24.3 Å². The number of hydrogen-bond donors (Lipinski definition) is 0. The van der Waals surface area contributed by atoms with Gasteiger partial charge in [0.2, 0.25) is 9.05 Å². The molecule has 0 aliphatic rings. The fourth-order valence-corrected chi connectivity index (χ4v) is 1.72. The molecule has 0 atom stereocenters. The Balaban J connectivity index is 2.22. The minimum absolute atomic E-state index is 0.0567. The van der Waals surface area contributed by atoms with Gasteiger partial charge in [0.25, 0.3) is 0 Å². The van der Waals surface area contributed by atoms with E-state index in [1.165, 1.54) is 0 Å². The standard InChI is InChI=1S/C11H15ClO5S/c1-15-10-4-2-3-5-11(10)17-7-6-16-8-9-18(12,13)14/h2-5H,6-9H2,1H3. The second-order valence-corrected chi connectivity index (χ2v) is 6.25. The number of para-hydroxylation sites is 2. The predicted octanol–water partition coefficient (Wildman–Crippen LogP) is 1.66. The Bertz CT molecular complexity index is 460. The lowest BCUT2D eigenvalue weighted by Crippen LogP contribution is -2.12. The van der Waals surface area contributed by atoms with E-state index in [-0.39, 0.29) is 19.0 Å². The highest BCUT2D eigenvalue weighted by Crippen LogP contribution is 2.25. The molecule has 0 heterocycles. The summed E-state index contributed by atoms with van der Waals surface area (Å²) in [5.41, 5.74) is 0. The van der Waals surface area contributed by atoms with Crippen LogP contribution in [0.25, 0.3) is 0 Å². The van der Waals surface area contributed by atoms with Crippen molar-refractivity contribution >= 4 is 19.7 Å². The quantitative estimate of drug-likeness (QED) is 0.539. The van der Waals surface area contributed by atoms with Gasteiger partial charge in [-0.3, -0.25) is 0 Å². The lowest BCUT2D eigenvalue weighted by molar-refractivity contribution is 0.110. The van der Waals surface area contributed by atoms with Crippen LogP contribution in [0.4, 0.5) is 0 Å². The van der Waals surface area contributed by atoms with Crippen LogP contribution in [0.1, 0.15) is 0 Å². The molecule has 0 amide bonds. The van der Waals surface area contributed by atoms with Gasteiger partial charge in [-0.05, 0) is 12.1 Å². The number of ether oxygens (including phenoxy) is 3. The monoisotopic (exact) mass is 294 g/mol. The summed E-state index contributed by atoms with van der Waals surface area (Å²) in [6.07, 6.45) is 0. The van der Waals surface area contributed by atoms with Crippen LogP contribution in [0.15, 0.2) is 24.3 Å². The van der Waals surface area contributed by atoms with Crippen LogP contribution in [0.2, 0.25) is 0 Å². The van der Waals surface area contributed by atoms with E-state index in [2.05, 4.69) is 0 Å². The summed E-state index contributed by atoms with van der Waals surface area (Å²) >= 11 is 0. The minimum atomic E-state index is -3.49. The van der Waals surface area contributed by atoms with Gasteiger partial charge in [0.1, 0.15) is 6.61 Å². The van der Waals surface area contributed by atoms with Gasteiger partial charge in [-0.1, -0.05) is 12.1 Å². The summed E-state index contributed by atoms with van der Waals surface area (Å²) in [6.45, 7) is 0.647. The second kappa shape index (κ2) is 7.45. The van der Waals surface area contributed by atoms with E-state index in [4.69, 9.17) is 24.9 Å². The van der Waals surface area contributed by atoms with Gasteiger partial charge < -0.3 is 14.2 Å². The second-order valence-electron chi connectivity index (χ2n) is 3.35. The highest BCUT2D eigenvalue weighted by Gasteiger charge is 2.05. The Kier molecular flexibility index (Phi) is 6.24. The average Bonchev–Trinajstić information content (AvgIpc) is 2.32. The van der Waals surface area contributed by atoms with Crippen molar-refractivity contribution in [2.75, 3.05) is 32.7 Å². The molecule has 18 heavy (non-hydrogen) atoms. The van der Waals surface area contributed by atoms with Gasteiger partial charge in [-0.25, -0.2) is 8.42 Å². The van der Waals surface area contributed by atoms with Crippen LogP contribution >= 0.6 is 10.7 Å². The van der Waals surface area contributed by atoms with E-state index in [0.717, 1.165) is 0 Å². The molecular weight excluding hydrogens is 280 g/mol. The van der Waals surface area contributed by atoms with Crippen LogP contribution < -0.4 is 9.47 Å². The first-order valence-electron chi connectivity index (χ1n) is 5.29. The summed E-state index contributed by atoms with van der Waals surface area (Å²) in [5.74, 6) is 1.05. The zero-order chi connectivity index (χ0) is 13.4. The van der Waals surface area contributed by atoms with Crippen LogP contribution in [-0.2, 0) is 13.8 Å². The van der Waals surface area contributed by atoms with E-state index in [1.54, 1.807) is 19.2 Å². The van der Waals surface area contributed by atoms with Crippen LogP contribution in [0.3, 0.4) is 0 Å². The lowest BCUT2D eigenvalue weighted by atomic mass is 10.3. The van der Waals surface area contributed by atoms with Crippen LogP contribution in [-0.4, -0.2) is 41.1 Å². The highest BCUT2D eigenvalue weighted by molar-refractivity contribution is 8.13. The summed E-state index contributed by atoms with van der Waals surface area (Å²) < 4.78 is 36.8. The lowest BCUT2D eigenvalue weighted by Gasteiger charge is -2.10. The van der Waals surface area contributed by atoms with Crippen molar-refractivity contribution < 1.29 is 22.6 Å². The third kappa shape index (κ3) is 6.09. The van der Waals surface area contributed by atoms with Crippen molar-refractivity contribution in [3.63, 3.8) is 0 Å². The molecule has 0 saturated carbocycles. The van der Waals surface area contributed by atoms with Crippen molar-refractivity contribution in [1.82, 2.24) is 0 Å². The maximum atomic E-state index is 10.6. The van der Waals surface area contributed by atoms with Gasteiger partial charge in [-0.15, -0.1) is 0 Å². The molecule has 0 aromatic heterocycles. The predicted molar refractivity (Wildman–Crippen MR) is 68.9 cm³/mol. The molecule has 5 nitrogen and oxygen atoms in total. The van der Waals surface area contributed by atoms with Gasteiger partial charge in [0.05, 0.1) is 26.1 Å². The Hall–Kier alpha value is -0.980. The third-order valence-electron chi connectivity index (χ3n) is 2.03. The molecule has 0 spiro atoms. The Morgan fingerprint density at radius 3 is 2.39 bits per heavy atom. The molecule has 0 saturated heterocycles. The molecule has 0 unspecified atom stereocenters. The van der Waals surface area contributed by atoms with Gasteiger partial charge in [-0.2, -0.15) is 0 Å². The number of halogens is 1. The molecular formula is C11H15ClO5S. The number of benzene rings is 1. The van der Waals surface area contributed by atoms with Gasteiger partial charge in [0.15, 0.2) is 11.5 Å². The maximum absolute atomic E-state index is 10.6. The molecule has 1 aromatic rings. The van der Waals surface area contributed by atoms with Crippen LogP contribution in [0, 0.1) is 0 Å². The van der Waals surface area contributed by atoms with E-state index in [9.17, 15) is 8.42 Å². The first kappa shape index (κ1) is 15.1. The fourth-order valence-electron chi connectivity index (χ4n) is 1.21. The summed E-state index contributed by atoms with van der Waals surface area (Å²) in [5, 5.41) is 0. The van der Waals surface area contributed by atoms with Crippen molar-refractivity contribution in [2.24, 2.45) is 0 Å². The van der Waals surface area contributed by atoms with Crippen molar-refractivity contribution in [2.45, 2.75) is 0 Å². The Morgan fingerprint density at radius 2 is 1.78 bits per heavy atom. The first-order valence-corrected chi connectivity index (χ1v) is 7.76. The van der Waals surface area contributed by atoms with E-state index in [0.29, 0.717) is 18.1 Å². The third-order valence-corrected chi connectivity index (χ3v) is 3.14. The van der Waals surface area contributed by atoms with Gasteiger partial charge >= 0.3 is 0 Å².